The van der Waals surface area contributed by atoms with Gasteiger partial charge >= 0.3 is 0 Å². The summed E-state index contributed by atoms with van der Waals surface area (Å²) in [7, 11) is 0. The zero-order chi connectivity index (χ0) is 23.5. The van der Waals surface area contributed by atoms with Crippen LogP contribution < -0.4 is 5.32 Å². The van der Waals surface area contributed by atoms with E-state index in [0.717, 1.165) is 6.07 Å². The van der Waals surface area contributed by atoms with E-state index >= 15 is 0 Å². The molecule has 33 heavy (non-hydrogen) atoms. The number of carbonyl (C=O) groups excluding carboxylic acids is 1. The summed E-state index contributed by atoms with van der Waals surface area (Å²) in [6.07, 6.45) is -1.34. The van der Waals surface area contributed by atoms with Gasteiger partial charge in [-0.1, -0.05) is 30.3 Å². The summed E-state index contributed by atoms with van der Waals surface area (Å²) in [5.41, 5.74) is 2.48. The van der Waals surface area contributed by atoms with Crippen molar-refractivity contribution >= 4 is 17.3 Å². The number of aliphatic hydroxyl groups is 1. The highest BCUT2D eigenvalue weighted by molar-refractivity contribution is 6.03. The van der Waals surface area contributed by atoms with Crippen LogP contribution in [-0.2, 0) is 0 Å². The fraction of sp³-hybridized carbons (Fsp3) is 0.0800. The Morgan fingerprint density at radius 3 is 2.64 bits per heavy atom. The molecular weight excluding hydrogens is 426 g/mol. The molecule has 2 N–H and O–H groups in total. The predicted molar refractivity (Wildman–Crippen MR) is 119 cm³/mol. The van der Waals surface area contributed by atoms with Gasteiger partial charge in [0.2, 0.25) is 0 Å². The van der Waals surface area contributed by atoms with Crippen LogP contribution in [0.15, 0.2) is 72.8 Å². The van der Waals surface area contributed by atoms with E-state index in [1.165, 1.54) is 16.8 Å². The lowest BCUT2D eigenvalue weighted by Gasteiger charge is -2.14. The number of carbonyl (C=O) groups is 1. The van der Waals surface area contributed by atoms with Crippen molar-refractivity contribution in [1.82, 2.24) is 9.78 Å². The summed E-state index contributed by atoms with van der Waals surface area (Å²) in [5.74, 6) is -2.06. The highest BCUT2D eigenvalue weighted by Gasteiger charge is 2.19. The second-order valence-electron chi connectivity index (χ2n) is 7.36. The van der Waals surface area contributed by atoms with Crippen molar-refractivity contribution in [3.05, 3.63) is 118 Å². The van der Waals surface area contributed by atoms with Crippen molar-refractivity contribution in [2.24, 2.45) is 0 Å². The number of rotatable bonds is 5. The largest absolute Gasteiger partial charge is 0.384 e. The summed E-state index contributed by atoms with van der Waals surface area (Å²) in [6.45, 7) is 8.94. The van der Waals surface area contributed by atoms with E-state index in [1.807, 2.05) is 0 Å². The average Bonchev–Trinajstić information content (AvgIpc) is 3.21. The molecule has 0 saturated carbocycles. The monoisotopic (exact) mass is 444 g/mol. The number of aromatic nitrogens is 2. The van der Waals surface area contributed by atoms with Crippen LogP contribution >= 0.6 is 0 Å². The van der Waals surface area contributed by atoms with Crippen molar-refractivity contribution in [2.75, 3.05) is 5.32 Å². The van der Waals surface area contributed by atoms with Gasteiger partial charge in [-0.2, -0.15) is 5.10 Å². The molecule has 3 aromatic carbocycles. The van der Waals surface area contributed by atoms with Crippen LogP contribution in [0.1, 0.15) is 33.4 Å². The molecule has 0 bridgehead atoms. The highest BCUT2D eigenvalue weighted by atomic mass is 19.1. The van der Waals surface area contributed by atoms with E-state index in [0.29, 0.717) is 34.4 Å². The number of aryl methyl sites for hydroxylation is 1. The molecule has 0 fully saturated rings. The number of hydrogen-bond acceptors (Lipinski definition) is 3. The molecule has 0 aliphatic rings. The number of anilines is 1. The first-order valence-corrected chi connectivity index (χ1v) is 9.94. The Labute approximate surface area is 188 Å². The summed E-state index contributed by atoms with van der Waals surface area (Å²) in [5, 5.41) is 17.7. The number of nitrogens with zero attached hydrogens (tertiary/aromatic N) is 3. The molecule has 1 heterocycles. The van der Waals surface area contributed by atoms with E-state index in [9.17, 15) is 18.7 Å². The third-order valence-electron chi connectivity index (χ3n) is 4.98. The number of hydrogen-bond donors (Lipinski definition) is 2. The van der Waals surface area contributed by atoms with E-state index in [2.05, 4.69) is 15.3 Å². The number of nitrogens with one attached hydrogen (secondary N) is 1. The third kappa shape index (κ3) is 4.63. The number of halogens is 2. The zero-order valence-corrected chi connectivity index (χ0v) is 17.5. The zero-order valence-electron chi connectivity index (χ0n) is 17.5. The van der Waals surface area contributed by atoms with Gasteiger partial charge in [-0.05, 0) is 48.9 Å². The van der Waals surface area contributed by atoms with Crippen molar-refractivity contribution < 1.29 is 18.7 Å². The van der Waals surface area contributed by atoms with Crippen LogP contribution in [-0.4, -0.2) is 20.8 Å². The summed E-state index contributed by atoms with van der Waals surface area (Å²) < 4.78 is 28.7. The van der Waals surface area contributed by atoms with Gasteiger partial charge in [0.15, 0.2) is 5.69 Å². The highest BCUT2D eigenvalue weighted by Crippen LogP contribution is 2.27. The van der Waals surface area contributed by atoms with Crippen molar-refractivity contribution in [1.29, 1.82) is 0 Å². The maximum absolute atomic E-state index is 14.1. The molecule has 1 unspecified atom stereocenters. The Kier molecular flexibility index (Phi) is 5.98. The first-order chi connectivity index (χ1) is 15.9. The second kappa shape index (κ2) is 9.02. The normalized spacial score (nSPS) is 11.6. The van der Waals surface area contributed by atoms with Gasteiger partial charge in [-0.25, -0.2) is 18.3 Å². The molecular formula is C25H18F2N4O2. The van der Waals surface area contributed by atoms with Crippen LogP contribution in [0.25, 0.3) is 10.5 Å². The fourth-order valence-electron chi connectivity index (χ4n) is 3.44. The Bertz CT molecular complexity index is 1390. The maximum Gasteiger partial charge on any atom is 0.274 e. The quantitative estimate of drug-likeness (QED) is 0.408. The predicted octanol–water partition coefficient (Wildman–Crippen LogP) is 5.34. The van der Waals surface area contributed by atoms with Gasteiger partial charge in [0.05, 0.1) is 18.0 Å². The lowest BCUT2D eigenvalue weighted by molar-refractivity contribution is 0.101. The first-order valence-electron chi connectivity index (χ1n) is 9.94. The lowest BCUT2D eigenvalue weighted by atomic mass is 10.0. The van der Waals surface area contributed by atoms with Crippen LogP contribution in [0.5, 0.6) is 0 Å². The standard InChI is InChI=1S/C25H18F2N4O2/c1-15-11-23(31(30-15)20-8-4-6-18(14-20)28-2)25(33)29-19-7-3-5-16(12-19)24(32)21-10-9-17(26)13-22(21)27/h3-14,24,32H,1H3,(H,29,33). The van der Waals surface area contributed by atoms with Crippen LogP contribution in [0.2, 0.25) is 0 Å². The minimum atomic E-state index is -1.34. The Morgan fingerprint density at radius 1 is 1.09 bits per heavy atom. The van der Waals surface area contributed by atoms with E-state index < -0.39 is 23.6 Å². The van der Waals surface area contributed by atoms with E-state index in [1.54, 1.807) is 55.5 Å². The molecule has 0 aliphatic carbocycles. The van der Waals surface area contributed by atoms with Crippen molar-refractivity contribution in [2.45, 2.75) is 13.0 Å². The van der Waals surface area contributed by atoms with Gasteiger partial charge in [-0.3, -0.25) is 4.79 Å². The van der Waals surface area contributed by atoms with Gasteiger partial charge in [0.1, 0.15) is 23.4 Å². The van der Waals surface area contributed by atoms with Crippen LogP contribution in [0, 0.1) is 25.1 Å². The van der Waals surface area contributed by atoms with Gasteiger partial charge in [-0.15, -0.1) is 0 Å². The topological polar surface area (TPSA) is 71.5 Å². The molecule has 6 nitrogen and oxygen atoms in total. The molecule has 1 aromatic heterocycles. The number of amides is 1. The minimum Gasteiger partial charge on any atom is -0.384 e. The van der Waals surface area contributed by atoms with Crippen LogP contribution in [0.4, 0.5) is 20.2 Å². The van der Waals surface area contributed by atoms with Crippen LogP contribution in [0.3, 0.4) is 0 Å². The van der Waals surface area contributed by atoms with Gasteiger partial charge in [0, 0.05) is 17.3 Å². The third-order valence-corrected chi connectivity index (χ3v) is 4.98. The SMILES string of the molecule is [C-]#[N+]c1cccc(-n2nc(C)cc2C(=O)Nc2cccc(C(O)c3ccc(F)cc3F)c2)c1. The van der Waals surface area contributed by atoms with Gasteiger partial charge < -0.3 is 10.4 Å². The molecule has 0 aliphatic heterocycles. The summed E-state index contributed by atoms with van der Waals surface area (Å²) in [4.78, 5) is 16.4. The van der Waals surface area contributed by atoms with Crippen molar-refractivity contribution in [3.8, 4) is 5.69 Å². The molecule has 164 valence electrons. The number of aliphatic hydroxyl groups excluding tert-OH is 1. The van der Waals surface area contributed by atoms with Crippen molar-refractivity contribution in [3.63, 3.8) is 0 Å². The van der Waals surface area contributed by atoms with E-state index in [-0.39, 0.29) is 11.3 Å². The summed E-state index contributed by atoms with van der Waals surface area (Å²) >= 11 is 0. The minimum absolute atomic E-state index is 0.0757. The smallest absolute Gasteiger partial charge is 0.274 e. The molecule has 1 atom stereocenters. The lowest BCUT2D eigenvalue weighted by Crippen LogP contribution is -2.17. The Morgan fingerprint density at radius 2 is 1.88 bits per heavy atom. The summed E-state index contributed by atoms with van der Waals surface area (Å²) in [6, 6.07) is 17.6. The molecule has 4 aromatic rings. The Balaban J connectivity index is 1.61. The average molecular weight is 444 g/mol. The van der Waals surface area contributed by atoms with Gasteiger partial charge in [0.25, 0.3) is 5.91 Å². The molecule has 0 spiro atoms. The molecule has 4 rings (SSSR count). The van der Waals surface area contributed by atoms with E-state index in [4.69, 9.17) is 6.57 Å². The second-order valence-corrected chi connectivity index (χ2v) is 7.36. The molecule has 8 heteroatoms. The fourth-order valence-corrected chi connectivity index (χ4v) is 3.44. The maximum atomic E-state index is 14.1. The molecule has 0 saturated heterocycles. The molecule has 0 radical (unpaired) electrons. The molecule has 1 amide bonds. The first kappa shape index (κ1) is 21.9. The number of benzene rings is 3. The Hall–Kier alpha value is -4.35.